The molecule has 3 heteroatoms. The second-order valence-electron chi connectivity index (χ2n) is 7.14. The van der Waals surface area contributed by atoms with Crippen molar-refractivity contribution in [2.45, 2.75) is 27.2 Å². The van der Waals surface area contributed by atoms with Crippen molar-refractivity contribution in [2.75, 3.05) is 11.9 Å². The average Bonchev–Trinajstić information content (AvgIpc) is 2.62. The Hall–Kier alpha value is -2.68. The molecule has 1 aliphatic heterocycles. The predicted molar refractivity (Wildman–Crippen MR) is 104 cm³/mol. The first-order chi connectivity index (χ1) is 12.1. The maximum absolute atomic E-state index is 5.04. The summed E-state index contributed by atoms with van der Waals surface area (Å²) < 4.78 is 0. The number of anilines is 1. The fourth-order valence-corrected chi connectivity index (χ4v) is 3.25. The third-order valence-corrected chi connectivity index (χ3v) is 4.78. The molecule has 1 N–H and O–H groups in total. The van der Waals surface area contributed by atoms with Crippen LogP contribution in [0.4, 0.5) is 5.82 Å². The van der Waals surface area contributed by atoms with Crippen LogP contribution in [-0.2, 0) is 6.42 Å². The molecule has 0 fully saturated rings. The van der Waals surface area contributed by atoms with Crippen LogP contribution < -0.4 is 5.32 Å². The highest BCUT2D eigenvalue weighted by molar-refractivity contribution is 5.79. The molecule has 0 saturated carbocycles. The quantitative estimate of drug-likeness (QED) is 0.716. The smallest absolute Gasteiger partial charge is 0.148 e. The molecule has 3 nitrogen and oxygen atoms in total. The number of aryl methyl sites for hydroxylation is 2. The Kier molecular flexibility index (Phi) is 4.00. The summed E-state index contributed by atoms with van der Waals surface area (Å²) in [7, 11) is 0. The minimum Gasteiger partial charge on any atom is -0.368 e. The topological polar surface area (TPSA) is 37.8 Å². The first-order valence-electron chi connectivity index (χ1n) is 8.89. The van der Waals surface area contributed by atoms with E-state index in [9.17, 15) is 0 Å². The van der Waals surface area contributed by atoms with E-state index in [1.54, 1.807) is 0 Å². The Morgan fingerprint density at radius 3 is 1.88 bits per heavy atom. The van der Waals surface area contributed by atoms with Crippen LogP contribution in [0.3, 0.4) is 0 Å². The van der Waals surface area contributed by atoms with E-state index >= 15 is 0 Å². The van der Waals surface area contributed by atoms with Crippen molar-refractivity contribution in [1.29, 1.82) is 0 Å². The second kappa shape index (κ2) is 6.32. The van der Waals surface area contributed by atoms with Crippen molar-refractivity contribution in [1.82, 2.24) is 9.97 Å². The Balaban J connectivity index is 1.91. The van der Waals surface area contributed by atoms with Gasteiger partial charge in [0.1, 0.15) is 5.82 Å². The van der Waals surface area contributed by atoms with Gasteiger partial charge in [0, 0.05) is 17.7 Å². The molecule has 25 heavy (non-hydrogen) atoms. The highest BCUT2D eigenvalue weighted by atomic mass is 15.0. The van der Waals surface area contributed by atoms with Gasteiger partial charge < -0.3 is 5.32 Å². The van der Waals surface area contributed by atoms with E-state index in [0.717, 1.165) is 47.0 Å². The van der Waals surface area contributed by atoms with Gasteiger partial charge in [-0.2, -0.15) is 0 Å². The molecule has 2 aromatic carbocycles. The van der Waals surface area contributed by atoms with Crippen molar-refractivity contribution in [2.24, 2.45) is 5.92 Å². The standard InChI is InChI=1S/C22H23N3/c1-14-4-8-17(9-5-14)20-21(18-10-6-15(2)7-11-18)25-22-19(24-20)12-16(3)13-23-22/h4-11,16H,12-13H2,1-3H3,(H,23,25). The van der Waals surface area contributed by atoms with Crippen LogP contribution in [0.25, 0.3) is 22.5 Å². The minimum atomic E-state index is 0.581. The molecule has 2 heterocycles. The number of rotatable bonds is 2. The summed E-state index contributed by atoms with van der Waals surface area (Å²) in [6.45, 7) is 7.41. The number of nitrogens with zero attached hydrogens (tertiary/aromatic N) is 2. The van der Waals surface area contributed by atoms with Crippen molar-refractivity contribution in [3.8, 4) is 22.5 Å². The van der Waals surface area contributed by atoms with E-state index in [2.05, 4.69) is 74.6 Å². The molecule has 126 valence electrons. The molecular weight excluding hydrogens is 306 g/mol. The molecule has 0 aliphatic carbocycles. The SMILES string of the molecule is Cc1ccc(-c2nc3c(nc2-c2ccc(C)cc2)NCC(C)C3)cc1. The molecule has 0 amide bonds. The Labute approximate surface area is 149 Å². The van der Waals surface area contributed by atoms with E-state index in [1.165, 1.54) is 11.1 Å². The Morgan fingerprint density at radius 1 is 0.800 bits per heavy atom. The molecule has 4 rings (SSSR count). The van der Waals surface area contributed by atoms with Crippen molar-refractivity contribution < 1.29 is 0 Å². The third-order valence-electron chi connectivity index (χ3n) is 4.78. The first-order valence-corrected chi connectivity index (χ1v) is 8.89. The van der Waals surface area contributed by atoms with Gasteiger partial charge in [-0.1, -0.05) is 66.6 Å². The van der Waals surface area contributed by atoms with Crippen molar-refractivity contribution >= 4 is 5.82 Å². The molecule has 0 radical (unpaired) electrons. The van der Waals surface area contributed by atoms with Crippen LogP contribution in [0.15, 0.2) is 48.5 Å². The lowest BCUT2D eigenvalue weighted by atomic mass is 9.98. The van der Waals surface area contributed by atoms with Gasteiger partial charge in [-0.05, 0) is 26.2 Å². The number of aromatic nitrogens is 2. The van der Waals surface area contributed by atoms with E-state index < -0.39 is 0 Å². The summed E-state index contributed by atoms with van der Waals surface area (Å²) in [4.78, 5) is 10.0. The summed E-state index contributed by atoms with van der Waals surface area (Å²) >= 11 is 0. The first kappa shape index (κ1) is 15.8. The van der Waals surface area contributed by atoms with E-state index in [-0.39, 0.29) is 0 Å². The number of hydrogen-bond acceptors (Lipinski definition) is 3. The van der Waals surface area contributed by atoms with Crippen LogP contribution >= 0.6 is 0 Å². The normalized spacial score (nSPS) is 16.2. The van der Waals surface area contributed by atoms with Crippen LogP contribution in [0.2, 0.25) is 0 Å². The summed E-state index contributed by atoms with van der Waals surface area (Å²) in [6.07, 6.45) is 0.975. The van der Waals surface area contributed by atoms with Crippen LogP contribution in [-0.4, -0.2) is 16.5 Å². The average molecular weight is 329 g/mol. The zero-order valence-corrected chi connectivity index (χ0v) is 15.0. The van der Waals surface area contributed by atoms with Crippen LogP contribution in [0.1, 0.15) is 23.7 Å². The number of nitrogens with one attached hydrogen (secondary N) is 1. The molecule has 1 unspecified atom stereocenters. The van der Waals surface area contributed by atoms with Crippen molar-refractivity contribution in [3.05, 3.63) is 65.4 Å². The lowest BCUT2D eigenvalue weighted by molar-refractivity contribution is 0.580. The van der Waals surface area contributed by atoms with E-state index in [1.807, 2.05) is 0 Å². The summed E-state index contributed by atoms with van der Waals surface area (Å²) in [5, 5.41) is 3.45. The van der Waals surface area contributed by atoms with E-state index in [0.29, 0.717) is 5.92 Å². The zero-order valence-electron chi connectivity index (χ0n) is 15.0. The minimum absolute atomic E-state index is 0.581. The molecule has 1 aliphatic rings. The van der Waals surface area contributed by atoms with Gasteiger partial charge in [0.05, 0.1) is 17.1 Å². The van der Waals surface area contributed by atoms with Crippen LogP contribution in [0.5, 0.6) is 0 Å². The van der Waals surface area contributed by atoms with Gasteiger partial charge in [0.25, 0.3) is 0 Å². The number of hydrogen-bond donors (Lipinski definition) is 1. The number of fused-ring (bicyclic) bond motifs is 1. The van der Waals surface area contributed by atoms with Gasteiger partial charge in [0.15, 0.2) is 0 Å². The van der Waals surface area contributed by atoms with Gasteiger partial charge in [-0.15, -0.1) is 0 Å². The third kappa shape index (κ3) is 3.14. The molecule has 1 aromatic heterocycles. The molecule has 1 atom stereocenters. The summed E-state index contributed by atoms with van der Waals surface area (Å²) in [5.41, 5.74) is 7.72. The highest BCUT2D eigenvalue weighted by Gasteiger charge is 2.21. The Bertz CT molecular complexity index is 896. The molecule has 3 aromatic rings. The van der Waals surface area contributed by atoms with Gasteiger partial charge in [-0.25, -0.2) is 9.97 Å². The van der Waals surface area contributed by atoms with Gasteiger partial charge >= 0.3 is 0 Å². The van der Waals surface area contributed by atoms with Crippen LogP contribution in [0, 0.1) is 19.8 Å². The molecule has 0 bridgehead atoms. The predicted octanol–water partition coefficient (Wildman–Crippen LogP) is 5.03. The fourth-order valence-electron chi connectivity index (χ4n) is 3.25. The van der Waals surface area contributed by atoms with Crippen molar-refractivity contribution in [3.63, 3.8) is 0 Å². The lowest BCUT2D eigenvalue weighted by Crippen LogP contribution is -2.23. The maximum Gasteiger partial charge on any atom is 0.148 e. The molecular formula is C22H23N3. The van der Waals surface area contributed by atoms with E-state index in [4.69, 9.17) is 9.97 Å². The summed E-state index contributed by atoms with van der Waals surface area (Å²) in [6, 6.07) is 17.1. The number of benzene rings is 2. The van der Waals surface area contributed by atoms with Gasteiger partial charge in [0.2, 0.25) is 0 Å². The zero-order chi connectivity index (χ0) is 17.4. The maximum atomic E-state index is 5.04. The molecule has 0 saturated heterocycles. The fraction of sp³-hybridized carbons (Fsp3) is 0.273. The largest absolute Gasteiger partial charge is 0.368 e. The summed E-state index contributed by atoms with van der Waals surface area (Å²) in [5.74, 6) is 1.52. The monoisotopic (exact) mass is 329 g/mol. The lowest BCUT2D eigenvalue weighted by Gasteiger charge is -2.23. The van der Waals surface area contributed by atoms with Gasteiger partial charge in [-0.3, -0.25) is 0 Å². The highest BCUT2D eigenvalue weighted by Crippen LogP contribution is 2.33. The Morgan fingerprint density at radius 2 is 1.32 bits per heavy atom. The second-order valence-corrected chi connectivity index (χ2v) is 7.14. The molecule has 0 spiro atoms.